The molecule has 1 aromatic heterocycles. The molecule has 27 heavy (non-hydrogen) atoms. The number of carbonyl (C=O) groups is 1. The predicted molar refractivity (Wildman–Crippen MR) is 109 cm³/mol. The van der Waals surface area contributed by atoms with Gasteiger partial charge in [-0.05, 0) is 48.7 Å². The number of amides is 2. The minimum atomic E-state index is -0.655. The first kappa shape index (κ1) is 19.9. The number of hydrogen-bond acceptors (Lipinski definition) is 7. The molecular formula is C15H15Cl2N5O3S2. The number of aromatic nitrogens is 2. The van der Waals surface area contributed by atoms with Gasteiger partial charge in [0, 0.05) is 12.2 Å². The highest BCUT2D eigenvalue weighted by Gasteiger charge is 2.41. The second-order valence-corrected chi connectivity index (χ2v) is 7.46. The molecule has 1 atom stereocenters. The zero-order valence-electron chi connectivity index (χ0n) is 14.3. The average molecular weight is 448 g/mol. The topological polar surface area (TPSA) is 79.8 Å². The Bertz CT molecular complexity index is 866. The molecule has 0 saturated carbocycles. The van der Waals surface area contributed by atoms with Crippen LogP contribution in [-0.4, -0.2) is 52.7 Å². The van der Waals surface area contributed by atoms with E-state index in [-0.39, 0.29) is 11.2 Å². The molecule has 1 aliphatic rings. The van der Waals surface area contributed by atoms with Crippen LogP contribution in [0.15, 0.2) is 18.2 Å². The van der Waals surface area contributed by atoms with Gasteiger partial charge < -0.3 is 19.7 Å². The molecule has 0 aliphatic carbocycles. The van der Waals surface area contributed by atoms with E-state index in [1.165, 1.54) is 12.0 Å². The molecule has 3 rings (SSSR count). The highest BCUT2D eigenvalue weighted by atomic mass is 35.5. The largest absolute Gasteiger partial charge is 0.472 e. The zero-order chi connectivity index (χ0) is 19.6. The highest BCUT2D eigenvalue weighted by molar-refractivity contribution is 7.80. The monoisotopic (exact) mass is 447 g/mol. The number of anilines is 2. The van der Waals surface area contributed by atoms with Crippen molar-refractivity contribution in [2.75, 3.05) is 30.4 Å². The van der Waals surface area contributed by atoms with Gasteiger partial charge in [0.05, 0.1) is 23.7 Å². The molecule has 144 valence electrons. The number of likely N-dealkylation sites (N-methyl/N-ethyl adjacent to an activating group) is 1. The number of ether oxygens (including phenoxy) is 2. The van der Waals surface area contributed by atoms with Gasteiger partial charge in [-0.15, -0.1) is 5.10 Å². The second-order valence-electron chi connectivity index (χ2n) is 5.36. The summed E-state index contributed by atoms with van der Waals surface area (Å²) in [6.07, 6.45) is -0.655. The molecule has 1 aliphatic heterocycles. The first-order chi connectivity index (χ1) is 12.9. The normalized spacial score (nSPS) is 16.6. The van der Waals surface area contributed by atoms with Crippen LogP contribution in [0.2, 0.25) is 10.0 Å². The minimum Gasteiger partial charge on any atom is -0.472 e. The maximum absolute atomic E-state index is 12.6. The van der Waals surface area contributed by atoms with Crippen LogP contribution in [0.25, 0.3) is 0 Å². The lowest BCUT2D eigenvalue weighted by atomic mass is 10.3. The van der Waals surface area contributed by atoms with Crippen LogP contribution in [0.4, 0.5) is 15.6 Å². The summed E-state index contributed by atoms with van der Waals surface area (Å²) in [6, 6.07) is 4.76. The number of hydrogen-bond donors (Lipinski definition) is 1. The highest BCUT2D eigenvalue weighted by Crippen LogP contribution is 2.31. The Kier molecular flexibility index (Phi) is 6.20. The van der Waals surface area contributed by atoms with Crippen molar-refractivity contribution < 1.29 is 14.3 Å². The van der Waals surface area contributed by atoms with Gasteiger partial charge in [-0.1, -0.05) is 28.3 Å². The van der Waals surface area contributed by atoms with Crippen LogP contribution in [0.5, 0.6) is 5.19 Å². The molecule has 2 amide bonds. The Morgan fingerprint density at radius 3 is 2.81 bits per heavy atom. The van der Waals surface area contributed by atoms with Gasteiger partial charge in [0.1, 0.15) is 0 Å². The van der Waals surface area contributed by atoms with Crippen LogP contribution >= 0.6 is 46.8 Å². The number of nitrogens with zero attached hydrogens (tertiary/aromatic N) is 4. The fourth-order valence-electron chi connectivity index (χ4n) is 2.41. The smallest absolute Gasteiger partial charge is 0.329 e. The third kappa shape index (κ3) is 4.34. The van der Waals surface area contributed by atoms with Crippen molar-refractivity contribution in [2.45, 2.75) is 13.2 Å². The Labute approximate surface area is 175 Å². The van der Waals surface area contributed by atoms with Crippen LogP contribution < -0.4 is 15.0 Å². The minimum absolute atomic E-state index is 0.0885. The standard InChI is InChI=1S/C15H15Cl2N5O3S2/c1-3-21-7-11(22(15(21)23)12-19-20-14(24-2)27-12)25-13(26)18-8-4-5-9(16)10(17)6-8/h4-6,11H,3,7H2,1-2H3,(H,18,26). The summed E-state index contributed by atoms with van der Waals surface area (Å²) in [4.78, 5) is 15.7. The quantitative estimate of drug-likeness (QED) is 0.696. The maximum atomic E-state index is 12.6. The number of halogens is 2. The van der Waals surface area contributed by atoms with E-state index in [0.29, 0.717) is 39.1 Å². The first-order valence-corrected chi connectivity index (χ1v) is 9.79. The van der Waals surface area contributed by atoms with Gasteiger partial charge >= 0.3 is 6.03 Å². The number of thiocarbonyl (C=S) groups is 1. The number of carbonyl (C=O) groups excluding carboxylic acids is 1. The number of benzene rings is 1. The molecular weight excluding hydrogens is 433 g/mol. The van der Waals surface area contributed by atoms with E-state index in [1.54, 1.807) is 23.1 Å². The molecule has 12 heteroatoms. The van der Waals surface area contributed by atoms with Crippen molar-refractivity contribution in [2.24, 2.45) is 0 Å². The molecule has 1 aromatic carbocycles. The van der Waals surface area contributed by atoms with Gasteiger partial charge in [0.2, 0.25) is 11.4 Å². The Hall–Kier alpha value is -1.88. The average Bonchev–Trinajstić information content (AvgIpc) is 3.22. The third-order valence-corrected chi connectivity index (χ3v) is 5.53. The lowest BCUT2D eigenvalue weighted by Gasteiger charge is -2.21. The SMILES string of the molecule is CCN1CC(OC(=S)Nc2ccc(Cl)c(Cl)c2)N(c2nnc(OC)s2)C1=O. The fourth-order valence-corrected chi connectivity index (χ4v) is 3.63. The summed E-state index contributed by atoms with van der Waals surface area (Å²) >= 11 is 18.3. The van der Waals surface area contributed by atoms with E-state index < -0.39 is 6.23 Å². The summed E-state index contributed by atoms with van der Waals surface area (Å²) in [6.45, 7) is 2.74. The van der Waals surface area contributed by atoms with Crippen molar-refractivity contribution in [3.05, 3.63) is 28.2 Å². The Morgan fingerprint density at radius 1 is 1.41 bits per heavy atom. The molecule has 2 aromatic rings. The molecule has 0 spiro atoms. The third-order valence-electron chi connectivity index (χ3n) is 3.71. The summed E-state index contributed by atoms with van der Waals surface area (Å²) in [5, 5.41) is 12.4. The van der Waals surface area contributed by atoms with Gasteiger partial charge in [0.15, 0.2) is 0 Å². The van der Waals surface area contributed by atoms with E-state index in [2.05, 4.69) is 15.5 Å². The lowest BCUT2D eigenvalue weighted by molar-refractivity contribution is 0.195. The van der Waals surface area contributed by atoms with Crippen molar-refractivity contribution in [1.82, 2.24) is 15.1 Å². The van der Waals surface area contributed by atoms with E-state index in [4.69, 9.17) is 44.9 Å². The van der Waals surface area contributed by atoms with Crippen molar-refractivity contribution in [3.63, 3.8) is 0 Å². The van der Waals surface area contributed by atoms with Gasteiger partial charge in [-0.2, -0.15) is 0 Å². The molecule has 0 bridgehead atoms. The number of urea groups is 1. The number of rotatable bonds is 5. The second kappa shape index (κ2) is 8.42. The summed E-state index contributed by atoms with van der Waals surface area (Å²) in [7, 11) is 1.48. The van der Waals surface area contributed by atoms with E-state index in [9.17, 15) is 4.79 Å². The molecule has 8 nitrogen and oxygen atoms in total. The molecule has 1 N–H and O–H groups in total. The predicted octanol–water partition coefficient (Wildman–Crippen LogP) is 3.86. The van der Waals surface area contributed by atoms with Crippen molar-refractivity contribution >= 4 is 68.8 Å². The van der Waals surface area contributed by atoms with Crippen LogP contribution in [-0.2, 0) is 4.74 Å². The lowest BCUT2D eigenvalue weighted by Crippen LogP contribution is -2.38. The number of methoxy groups -OCH3 is 1. The zero-order valence-corrected chi connectivity index (χ0v) is 17.5. The number of nitrogens with one attached hydrogen (secondary N) is 1. The van der Waals surface area contributed by atoms with E-state index in [1.807, 2.05) is 6.92 Å². The summed E-state index contributed by atoms with van der Waals surface area (Å²) in [5.41, 5.74) is 0.621. The van der Waals surface area contributed by atoms with Crippen LogP contribution in [0, 0.1) is 0 Å². The Balaban J connectivity index is 1.75. The maximum Gasteiger partial charge on any atom is 0.329 e. The summed E-state index contributed by atoms with van der Waals surface area (Å²) < 4.78 is 10.9. The molecule has 1 unspecified atom stereocenters. The first-order valence-electron chi connectivity index (χ1n) is 7.81. The van der Waals surface area contributed by atoms with E-state index >= 15 is 0 Å². The van der Waals surface area contributed by atoms with Crippen LogP contribution in [0.1, 0.15) is 6.92 Å². The molecule has 1 saturated heterocycles. The molecule has 1 fully saturated rings. The van der Waals surface area contributed by atoms with Crippen LogP contribution in [0.3, 0.4) is 0 Å². The molecule has 0 radical (unpaired) electrons. The van der Waals surface area contributed by atoms with Gasteiger partial charge in [-0.3, -0.25) is 0 Å². The fraction of sp³-hybridized carbons (Fsp3) is 0.333. The van der Waals surface area contributed by atoms with Gasteiger partial charge in [-0.25, -0.2) is 9.69 Å². The summed E-state index contributed by atoms with van der Waals surface area (Å²) in [5.74, 6) is 0. The van der Waals surface area contributed by atoms with E-state index in [0.717, 1.165) is 11.3 Å². The van der Waals surface area contributed by atoms with Gasteiger partial charge in [0.25, 0.3) is 10.4 Å². The van der Waals surface area contributed by atoms with Crippen molar-refractivity contribution in [3.8, 4) is 5.19 Å². The Morgan fingerprint density at radius 2 is 2.19 bits per heavy atom. The molecule has 2 heterocycles. The van der Waals surface area contributed by atoms with Crippen molar-refractivity contribution in [1.29, 1.82) is 0 Å².